The van der Waals surface area contributed by atoms with Gasteiger partial charge in [0.25, 0.3) is 0 Å². The number of Topliss-reactive ketones (excluding diaryl/α,β-unsaturated/α-hetero) is 1. The van der Waals surface area contributed by atoms with Crippen LogP contribution in [0.2, 0.25) is 0 Å². The molecule has 0 radical (unpaired) electrons. The third-order valence-electron chi connectivity index (χ3n) is 5.95. The third kappa shape index (κ3) is 6.38. The Morgan fingerprint density at radius 3 is 2.08 bits per heavy atom. The van der Waals surface area contributed by atoms with Crippen molar-refractivity contribution in [2.24, 2.45) is 0 Å². The number of hydrogen-bond donors (Lipinski definition) is 0. The molecule has 192 valence electrons. The third-order valence-corrected chi connectivity index (χ3v) is 5.95. The lowest BCUT2D eigenvalue weighted by atomic mass is 9.75. The lowest BCUT2D eigenvalue weighted by Gasteiger charge is -2.28. The van der Waals surface area contributed by atoms with Crippen molar-refractivity contribution in [3.05, 3.63) is 89.7 Å². The van der Waals surface area contributed by atoms with Crippen LogP contribution in [0.25, 0.3) is 0 Å². The zero-order valence-electron chi connectivity index (χ0n) is 19.5. The number of carbonyl (C=O) groups is 1. The van der Waals surface area contributed by atoms with Gasteiger partial charge in [-0.25, -0.2) is 4.39 Å². The number of rotatable bonds is 10. The molecule has 0 aliphatic rings. The average molecular weight is 510 g/mol. The number of ether oxygens (including phenoxy) is 2. The summed E-state index contributed by atoms with van der Waals surface area (Å²) in [7, 11) is 0. The fourth-order valence-corrected chi connectivity index (χ4v) is 3.66. The standard InChI is InChI=1S/C27H24F6O3/c1-18(34)25(2,20-11-13-22(14-12-20)36-27(32,33)26(29,30)31)16-6-7-19-10-15-23(28)24(17-19)35-21-8-4-3-5-9-21/h3-5,8-15,17H,6-7,16H2,1-2H3. The minimum absolute atomic E-state index is 0.0688. The highest BCUT2D eigenvalue weighted by molar-refractivity contribution is 5.87. The van der Waals surface area contributed by atoms with Gasteiger partial charge in [0.2, 0.25) is 0 Å². The summed E-state index contributed by atoms with van der Waals surface area (Å²) < 4.78 is 87.1. The molecule has 0 aliphatic carbocycles. The molecular formula is C27H24F6O3. The van der Waals surface area contributed by atoms with Crippen LogP contribution in [0.3, 0.4) is 0 Å². The first kappa shape index (κ1) is 27.1. The van der Waals surface area contributed by atoms with E-state index in [0.717, 1.165) is 17.7 Å². The Morgan fingerprint density at radius 1 is 0.861 bits per heavy atom. The molecule has 0 aliphatic heterocycles. The normalized spacial score (nSPS) is 13.7. The van der Waals surface area contributed by atoms with E-state index in [1.54, 1.807) is 43.3 Å². The number of benzene rings is 3. The summed E-state index contributed by atoms with van der Waals surface area (Å²) in [5.41, 5.74) is 0.213. The zero-order chi connectivity index (χ0) is 26.6. The highest BCUT2D eigenvalue weighted by atomic mass is 19.4. The van der Waals surface area contributed by atoms with Gasteiger partial charge >= 0.3 is 12.3 Å². The molecule has 36 heavy (non-hydrogen) atoms. The van der Waals surface area contributed by atoms with Gasteiger partial charge in [0.1, 0.15) is 17.3 Å². The SMILES string of the molecule is CC(=O)C(C)(CCCc1ccc(F)c(Oc2ccccc2)c1)c1ccc(OC(F)(F)C(F)(F)F)cc1. The Labute approximate surface area is 204 Å². The summed E-state index contributed by atoms with van der Waals surface area (Å²) >= 11 is 0. The van der Waals surface area contributed by atoms with Gasteiger partial charge in [-0.1, -0.05) is 36.4 Å². The summed E-state index contributed by atoms with van der Waals surface area (Å²) in [6.45, 7) is 3.05. The van der Waals surface area contributed by atoms with Crippen LogP contribution in [-0.4, -0.2) is 18.1 Å². The number of aryl methyl sites for hydroxylation is 1. The van der Waals surface area contributed by atoms with Crippen LogP contribution >= 0.6 is 0 Å². The fraction of sp³-hybridized carbons (Fsp3) is 0.296. The van der Waals surface area contributed by atoms with Crippen molar-refractivity contribution in [2.75, 3.05) is 0 Å². The minimum Gasteiger partial charge on any atom is -0.454 e. The molecule has 0 bridgehead atoms. The number of carbonyl (C=O) groups excluding carboxylic acids is 1. The second-order valence-corrected chi connectivity index (χ2v) is 8.56. The summed E-state index contributed by atoms with van der Waals surface area (Å²) in [6, 6.07) is 17.8. The van der Waals surface area contributed by atoms with Gasteiger partial charge in [-0.3, -0.25) is 4.79 Å². The van der Waals surface area contributed by atoms with Crippen LogP contribution in [0.15, 0.2) is 72.8 Å². The number of ketones is 1. The van der Waals surface area contributed by atoms with Crippen LogP contribution in [0.5, 0.6) is 17.2 Å². The van der Waals surface area contributed by atoms with Gasteiger partial charge < -0.3 is 9.47 Å². The Kier molecular flexibility index (Phi) is 8.01. The molecule has 3 aromatic carbocycles. The van der Waals surface area contributed by atoms with Gasteiger partial charge in [-0.15, -0.1) is 0 Å². The lowest BCUT2D eigenvalue weighted by Crippen LogP contribution is -2.41. The van der Waals surface area contributed by atoms with E-state index in [1.165, 1.54) is 25.1 Å². The van der Waals surface area contributed by atoms with Crippen LogP contribution in [0.1, 0.15) is 37.8 Å². The van der Waals surface area contributed by atoms with Crippen LogP contribution < -0.4 is 9.47 Å². The molecule has 0 N–H and O–H groups in total. The van der Waals surface area contributed by atoms with Crippen molar-refractivity contribution in [2.45, 2.75) is 50.8 Å². The summed E-state index contributed by atoms with van der Waals surface area (Å²) in [6.07, 6.45) is -9.83. The molecule has 0 saturated carbocycles. The lowest BCUT2D eigenvalue weighted by molar-refractivity contribution is -0.360. The Balaban J connectivity index is 1.69. The van der Waals surface area contributed by atoms with E-state index in [-0.39, 0.29) is 11.5 Å². The van der Waals surface area contributed by atoms with E-state index in [4.69, 9.17) is 4.74 Å². The zero-order valence-corrected chi connectivity index (χ0v) is 19.5. The molecule has 3 rings (SSSR count). The topological polar surface area (TPSA) is 35.5 Å². The van der Waals surface area contributed by atoms with Gasteiger partial charge in [0.05, 0.1) is 5.41 Å². The molecule has 1 unspecified atom stereocenters. The maximum Gasteiger partial charge on any atom is 0.499 e. The molecule has 0 saturated heterocycles. The van der Waals surface area contributed by atoms with Gasteiger partial charge in [-0.2, -0.15) is 22.0 Å². The van der Waals surface area contributed by atoms with E-state index in [9.17, 15) is 31.1 Å². The van der Waals surface area contributed by atoms with Crippen molar-refractivity contribution in [3.63, 3.8) is 0 Å². The largest absolute Gasteiger partial charge is 0.499 e. The Hall–Kier alpha value is -3.49. The monoisotopic (exact) mass is 510 g/mol. The smallest absolute Gasteiger partial charge is 0.454 e. The van der Waals surface area contributed by atoms with Crippen molar-refractivity contribution < 1.29 is 40.6 Å². The molecule has 0 heterocycles. The number of alkyl halides is 5. The maximum absolute atomic E-state index is 14.2. The summed E-state index contributed by atoms with van der Waals surface area (Å²) in [5, 5.41) is 0. The number of para-hydroxylation sites is 1. The van der Waals surface area contributed by atoms with Gasteiger partial charge in [0.15, 0.2) is 11.6 Å². The predicted octanol–water partition coefficient (Wildman–Crippen LogP) is 8.02. The van der Waals surface area contributed by atoms with Crippen LogP contribution in [0, 0.1) is 5.82 Å². The fourth-order valence-electron chi connectivity index (χ4n) is 3.66. The average Bonchev–Trinajstić information content (AvgIpc) is 2.81. The maximum atomic E-state index is 14.2. The summed E-state index contributed by atoms with van der Waals surface area (Å²) in [4.78, 5) is 12.5. The molecule has 0 fully saturated rings. The molecule has 0 spiro atoms. The Bertz CT molecular complexity index is 1180. The second-order valence-electron chi connectivity index (χ2n) is 8.56. The molecule has 1 atom stereocenters. The second kappa shape index (κ2) is 10.6. The first-order chi connectivity index (χ1) is 16.8. The molecule has 3 aromatic rings. The van der Waals surface area contributed by atoms with Crippen LogP contribution in [0.4, 0.5) is 26.3 Å². The van der Waals surface area contributed by atoms with E-state index in [0.29, 0.717) is 30.6 Å². The molecular weight excluding hydrogens is 486 g/mol. The van der Waals surface area contributed by atoms with E-state index >= 15 is 0 Å². The minimum atomic E-state index is -5.86. The first-order valence-corrected chi connectivity index (χ1v) is 11.1. The number of halogens is 6. The molecule has 0 aromatic heterocycles. The van der Waals surface area contributed by atoms with E-state index < -0.39 is 29.3 Å². The van der Waals surface area contributed by atoms with Crippen LogP contribution in [-0.2, 0) is 16.6 Å². The molecule has 9 heteroatoms. The highest BCUT2D eigenvalue weighted by Gasteiger charge is 2.61. The quantitative estimate of drug-likeness (QED) is 0.259. The number of hydrogen-bond acceptors (Lipinski definition) is 3. The van der Waals surface area contributed by atoms with E-state index in [1.807, 2.05) is 6.07 Å². The Morgan fingerprint density at radius 2 is 1.50 bits per heavy atom. The van der Waals surface area contributed by atoms with E-state index in [2.05, 4.69) is 4.74 Å². The summed E-state index contributed by atoms with van der Waals surface area (Å²) in [5.74, 6) is -0.847. The first-order valence-electron chi connectivity index (χ1n) is 11.1. The van der Waals surface area contributed by atoms with Gasteiger partial charge in [0, 0.05) is 0 Å². The highest BCUT2D eigenvalue weighted by Crippen LogP contribution is 2.38. The van der Waals surface area contributed by atoms with Crippen molar-refractivity contribution in [3.8, 4) is 17.2 Å². The van der Waals surface area contributed by atoms with Gasteiger partial charge in [-0.05, 0) is 80.6 Å². The van der Waals surface area contributed by atoms with Crippen molar-refractivity contribution in [1.29, 1.82) is 0 Å². The van der Waals surface area contributed by atoms with Crippen molar-refractivity contribution >= 4 is 5.78 Å². The van der Waals surface area contributed by atoms with Crippen molar-refractivity contribution in [1.82, 2.24) is 0 Å². The predicted molar refractivity (Wildman–Crippen MR) is 122 cm³/mol. The molecule has 0 amide bonds. The molecule has 3 nitrogen and oxygen atoms in total.